The Bertz CT molecular complexity index is 369. The number of urea groups is 1. The first-order valence-corrected chi connectivity index (χ1v) is 5.81. The Balaban J connectivity index is 2.39. The van der Waals surface area contributed by atoms with Gasteiger partial charge in [-0.05, 0) is 18.2 Å². The molecular formula is C11H15BrN2O3. The lowest BCUT2D eigenvalue weighted by Crippen LogP contribution is -2.36. The number of anilines is 1. The molecule has 6 heteroatoms. The summed E-state index contributed by atoms with van der Waals surface area (Å²) < 4.78 is 10.8. The lowest BCUT2D eigenvalue weighted by Gasteiger charge is -2.14. The number of nitrogens with one attached hydrogen (secondary N) is 2. The van der Waals surface area contributed by atoms with Crippen LogP contribution >= 0.6 is 15.9 Å². The quantitative estimate of drug-likeness (QED) is 0.820. The van der Waals surface area contributed by atoms with Crippen molar-refractivity contribution in [3.63, 3.8) is 0 Å². The van der Waals surface area contributed by atoms with Crippen LogP contribution in [0.5, 0.6) is 0 Å². The van der Waals surface area contributed by atoms with Gasteiger partial charge in [0, 0.05) is 24.4 Å². The van der Waals surface area contributed by atoms with Crippen LogP contribution in [0, 0.1) is 0 Å². The number of hydrogen-bond acceptors (Lipinski definition) is 3. The Kier molecular flexibility index (Phi) is 5.96. The van der Waals surface area contributed by atoms with Crippen molar-refractivity contribution >= 4 is 27.6 Å². The van der Waals surface area contributed by atoms with Gasteiger partial charge in [-0.3, -0.25) is 0 Å². The van der Waals surface area contributed by atoms with E-state index in [-0.39, 0.29) is 12.6 Å². The van der Waals surface area contributed by atoms with Crippen molar-refractivity contribution in [1.29, 1.82) is 0 Å². The Morgan fingerprint density at radius 2 is 2.12 bits per heavy atom. The Hall–Kier alpha value is -1.11. The summed E-state index contributed by atoms with van der Waals surface area (Å²) in [6, 6.07) is 7.03. The molecule has 0 aromatic heterocycles. The molecule has 0 aliphatic rings. The molecular weight excluding hydrogens is 288 g/mol. The number of amides is 2. The number of rotatable bonds is 5. The number of halogens is 1. The van der Waals surface area contributed by atoms with Gasteiger partial charge in [0.25, 0.3) is 0 Å². The zero-order valence-corrected chi connectivity index (χ0v) is 11.3. The highest BCUT2D eigenvalue weighted by Gasteiger charge is 2.07. The van der Waals surface area contributed by atoms with Crippen LogP contribution in [0.15, 0.2) is 28.7 Å². The average molecular weight is 303 g/mol. The Labute approximate surface area is 109 Å². The highest BCUT2D eigenvalue weighted by atomic mass is 79.9. The van der Waals surface area contributed by atoms with Crippen LogP contribution < -0.4 is 10.6 Å². The number of ether oxygens (including phenoxy) is 2. The maximum Gasteiger partial charge on any atom is 0.319 e. The standard InChI is InChI=1S/C11H15BrN2O3/c1-16-10(17-2)7-13-11(15)14-9-5-3-4-8(12)6-9/h3-6,10H,7H2,1-2H3,(H2,13,14,15). The molecule has 2 N–H and O–H groups in total. The number of methoxy groups -OCH3 is 2. The number of hydrogen-bond donors (Lipinski definition) is 2. The van der Waals surface area contributed by atoms with Crippen molar-refractivity contribution in [2.24, 2.45) is 0 Å². The third-order valence-corrected chi connectivity index (χ3v) is 2.53. The molecule has 0 bridgehead atoms. The van der Waals surface area contributed by atoms with E-state index in [1.165, 1.54) is 14.2 Å². The van der Waals surface area contributed by atoms with E-state index in [9.17, 15) is 4.79 Å². The predicted octanol–water partition coefficient (Wildman–Crippen LogP) is 2.19. The summed E-state index contributed by atoms with van der Waals surface area (Å²) in [6.07, 6.45) is -0.441. The molecule has 0 fully saturated rings. The van der Waals surface area contributed by atoms with E-state index in [0.29, 0.717) is 5.69 Å². The SMILES string of the molecule is COC(CNC(=O)Nc1cccc(Br)c1)OC. The van der Waals surface area contributed by atoms with E-state index in [0.717, 1.165) is 4.47 Å². The summed E-state index contributed by atoms with van der Waals surface area (Å²) in [7, 11) is 3.03. The normalized spacial score (nSPS) is 10.4. The summed E-state index contributed by atoms with van der Waals surface area (Å²) >= 11 is 3.32. The minimum absolute atomic E-state index is 0.285. The molecule has 0 aliphatic heterocycles. The fourth-order valence-corrected chi connectivity index (χ4v) is 1.58. The maximum absolute atomic E-state index is 11.5. The van der Waals surface area contributed by atoms with E-state index >= 15 is 0 Å². The van der Waals surface area contributed by atoms with Gasteiger partial charge in [-0.25, -0.2) is 4.79 Å². The first kappa shape index (κ1) is 14.0. The average Bonchev–Trinajstić information content (AvgIpc) is 2.30. The summed E-state index contributed by atoms with van der Waals surface area (Å²) in [4.78, 5) is 11.5. The molecule has 1 aromatic carbocycles. The molecule has 5 nitrogen and oxygen atoms in total. The van der Waals surface area contributed by atoms with E-state index in [1.807, 2.05) is 18.2 Å². The van der Waals surface area contributed by atoms with Crippen molar-refractivity contribution in [2.75, 3.05) is 26.1 Å². The predicted molar refractivity (Wildman–Crippen MR) is 69.0 cm³/mol. The van der Waals surface area contributed by atoms with Gasteiger partial charge >= 0.3 is 6.03 Å². The fourth-order valence-electron chi connectivity index (χ4n) is 1.18. The van der Waals surface area contributed by atoms with Crippen LogP contribution in [0.4, 0.5) is 10.5 Å². The third-order valence-electron chi connectivity index (χ3n) is 2.04. The zero-order chi connectivity index (χ0) is 12.7. The van der Waals surface area contributed by atoms with Crippen LogP contribution in [-0.4, -0.2) is 33.1 Å². The van der Waals surface area contributed by atoms with Gasteiger partial charge in [0.2, 0.25) is 0 Å². The molecule has 0 unspecified atom stereocenters. The topological polar surface area (TPSA) is 59.6 Å². The molecule has 1 rings (SSSR count). The van der Waals surface area contributed by atoms with Crippen LogP contribution in [0.2, 0.25) is 0 Å². The second kappa shape index (κ2) is 7.26. The minimum Gasteiger partial charge on any atom is -0.354 e. The van der Waals surface area contributed by atoms with E-state index in [1.54, 1.807) is 6.07 Å². The highest BCUT2D eigenvalue weighted by molar-refractivity contribution is 9.10. The Morgan fingerprint density at radius 3 is 2.71 bits per heavy atom. The summed E-state index contributed by atoms with van der Waals surface area (Å²) in [5.74, 6) is 0. The molecule has 17 heavy (non-hydrogen) atoms. The van der Waals surface area contributed by atoms with Crippen molar-refractivity contribution in [1.82, 2.24) is 5.32 Å². The molecule has 0 atom stereocenters. The molecule has 94 valence electrons. The van der Waals surface area contributed by atoms with Crippen molar-refractivity contribution in [3.05, 3.63) is 28.7 Å². The lowest BCUT2D eigenvalue weighted by atomic mass is 10.3. The van der Waals surface area contributed by atoms with Crippen LogP contribution in [0.3, 0.4) is 0 Å². The molecule has 1 aromatic rings. The molecule has 0 heterocycles. The van der Waals surface area contributed by atoms with Gasteiger partial charge in [-0.15, -0.1) is 0 Å². The largest absolute Gasteiger partial charge is 0.354 e. The van der Waals surface area contributed by atoms with Gasteiger partial charge in [0.1, 0.15) is 0 Å². The summed E-state index contributed by atoms with van der Waals surface area (Å²) in [5, 5.41) is 5.33. The number of benzene rings is 1. The molecule has 0 radical (unpaired) electrons. The minimum atomic E-state index is -0.441. The molecule has 0 spiro atoms. The van der Waals surface area contributed by atoms with Gasteiger partial charge in [0.05, 0.1) is 6.54 Å². The molecule has 0 aliphatic carbocycles. The number of carbonyl (C=O) groups excluding carboxylic acids is 1. The second-order valence-corrected chi connectivity index (χ2v) is 4.16. The van der Waals surface area contributed by atoms with E-state index in [2.05, 4.69) is 26.6 Å². The van der Waals surface area contributed by atoms with E-state index in [4.69, 9.17) is 9.47 Å². The first-order chi connectivity index (χ1) is 8.15. The van der Waals surface area contributed by atoms with Crippen LogP contribution in [0.1, 0.15) is 0 Å². The van der Waals surface area contributed by atoms with Crippen molar-refractivity contribution in [3.8, 4) is 0 Å². The van der Waals surface area contributed by atoms with Crippen LogP contribution in [-0.2, 0) is 9.47 Å². The third kappa shape index (κ3) is 5.16. The number of carbonyl (C=O) groups is 1. The van der Waals surface area contributed by atoms with Crippen molar-refractivity contribution < 1.29 is 14.3 Å². The van der Waals surface area contributed by atoms with Gasteiger partial charge < -0.3 is 20.1 Å². The first-order valence-electron chi connectivity index (χ1n) is 5.01. The zero-order valence-electron chi connectivity index (χ0n) is 9.70. The smallest absolute Gasteiger partial charge is 0.319 e. The fraction of sp³-hybridized carbons (Fsp3) is 0.364. The Morgan fingerprint density at radius 1 is 1.41 bits per heavy atom. The monoisotopic (exact) mass is 302 g/mol. The van der Waals surface area contributed by atoms with Gasteiger partial charge in [-0.1, -0.05) is 22.0 Å². The molecule has 2 amide bonds. The summed E-state index contributed by atoms with van der Waals surface area (Å²) in [6.45, 7) is 0.285. The van der Waals surface area contributed by atoms with Crippen LogP contribution in [0.25, 0.3) is 0 Å². The lowest BCUT2D eigenvalue weighted by molar-refractivity contribution is -0.0970. The summed E-state index contributed by atoms with van der Waals surface area (Å²) in [5.41, 5.74) is 0.711. The maximum atomic E-state index is 11.5. The highest BCUT2D eigenvalue weighted by Crippen LogP contribution is 2.15. The van der Waals surface area contributed by atoms with E-state index < -0.39 is 6.29 Å². The second-order valence-electron chi connectivity index (χ2n) is 3.25. The molecule has 0 saturated heterocycles. The molecule has 0 saturated carbocycles. The van der Waals surface area contributed by atoms with Gasteiger partial charge in [-0.2, -0.15) is 0 Å². The van der Waals surface area contributed by atoms with Crippen molar-refractivity contribution in [2.45, 2.75) is 6.29 Å². The van der Waals surface area contributed by atoms with Gasteiger partial charge in [0.15, 0.2) is 6.29 Å².